The minimum Gasteiger partial charge on any atom is -0.342 e. The van der Waals surface area contributed by atoms with Crippen molar-refractivity contribution < 1.29 is 4.79 Å². The lowest BCUT2D eigenvalue weighted by atomic mass is 9.84. The van der Waals surface area contributed by atoms with Crippen molar-refractivity contribution in [2.24, 2.45) is 5.92 Å². The van der Waals surface area contributed by atoms with Crippen LogP contribution in [0.3, 0.4) is 0 Å². The predicted molar refractivity (Wildman–Crippen MR) is 77.3 cm³/mol. The maximum Gasteiger partial charge on any atom is 0.313 e. The van der Waals surface area contributed by atoms with Crippen LogP contribution >= 0.6 is 11.6 Å². The number of benzene rings is 1. The lowest BCUT2D eigenvalue weighted by molar-refractivity contribution is 0.257. The van der Waals surface area contributed by atoms with E-state index in [0.29, 0.717) is 12.5 Å². The van der Waals surface area contributed by atoms with Gasteiger partial charge in [-0.1, -0.05) is 52.0 Å². The maximum absolute atomic E-state index is 10.8. The normalized spacial score (nSPS) is 11.7. The zero-order chi connectivity index (χ0) is 13.8. The van der Waals surface area contributed by atoms with Gasteiger partial charge in [0.25, 0.3) is 0 Å². The molecular formula is C15H22ClNO. The number of halogens is 1. The first kappa shape index (κ1) is 15.0. The molecule has 0 aromatic heterocycles. The van der Waals surface area contributed by atoms with Crippen molar-refractivity contribution in [3.8, 4) is 0 Å². The maximum atomic E-state index is 10.8. The lowest BCUT2D eigenvalue weighted by Crippen LogP contribution is -2.34. The summed E-state index contributed by atoms with van der Waals surface area (Å²) in [6.45, 7) is 9.16. The van der Waals surface area contributed by atoms with Crippen LogP contribution in [0.25, 0.3) is 0 Å². The van der Waals surface area contributed by atoms with Gasteiger partial charge in [-0.15, -0.1) is 0 Å². The topological polar surface area (TPSA) is 29.1 Å². The Morgan fingerprint density at radius 1 is 1.28 bits per heavy atom. The molecule has 3 heteroatoms. The molecule has 0 bridgehead atoms. The molecule has 18 heavy (non-hydrogen) atoms. The summed E-state index contributed by atoms with van der Waals surface area (Å²) in [4.78, 5) is 10.8. The Morgan fingerprint density at radius 2 is 1.83 bits per heavy atom. The molecule has 1 aromatic carbocycles. The fraction of sp³-hybridized carbons (Fsp3) is 0.533. The van der Waals surface area contributed by atoms with Gasteiger partial charge >= 0.3 is 5.37 Å². The molecule has 0 fully saturated rings. The zero-order valence-electron chi connectivity index (χ0n) is 11.6. The van der Waals surface area contributed by atoms with Gasteiger partial charge in [-0.05, 0) is 35.1 Å². The van der Waals surface area contributed by atoms with Crippen molar-refractivity contribution in [2.75, 3.05) is 6.54 Å². The number of carbonyl (C=O) groups excluding carboxylic acids is 1. The molecule has 0 aliphatic rings. The lowest BCUT2D eigenvalue weighted by Gasteiger charge is -2.25. The van der Waals surface area contributed by atoms with Crippen LogP contribution in [-0.2, 0) is 11.8 Å². The third kappa shape index (κ3) is 4.69. The smallest absolute Gasteiger partial charge is 0.313 e. The van der Waals surface area contributed by atoms with E-state index in [9.17, 15) is 4.79 Å². The second-order valence-electron chi connectivity index (χ2n) is 5.81. The molecular weight excluding hydrogens is 246 g/mol. The summed E-state index contributed by atoms with van der Waals surface area (Å²) in [6, 6.07) is 8.61. The van der Waals surface area contributed by atoms with Gasteiger partial charge in [-0.3, -0.25) is 4.79 Å². The molecule has 100 valence electrons. The summed E-state index contributed by atoms with van der Waals surface area (Å²) >= 11 is 5.30. The standard InChI is InChI=1S/C15H22ClNO/c1-11(2)9-12-5-7-13(8-6-12)15(3,4)10-17-14(16)18/h5-8,11H,9-10H2,1-4H3,(H,17,18). The molecule has 0 radical (unpaired) electrons. The number of nitrogens with one attached hydrogen (secondary N) is 1. The molecule has 1 aromatic rings. The summed E-state index contributed by atoms with van der Waals surface area (Å²) in [5.41, 5.74) is 2.45. The molecule has 1 amide bonds. The first-order valence-electron chi connectivity index (χ1n) is 6.34. The summed E-state index contributed by atoms with van der Waals surface area (Å²) in [5, 5.41) is 2.16. The molecule has 0 spiro atoms. The summed E-state index contributed by atoms with van der Waals surface area (Å²) in [7, 11) is 0. The Bertz CT molecular complexity index is 395. The molecule has 1 N–H and O–H groups in total. The monoisotopic (exact) mass is 267 g/mol. The third-order valence-corrected chi connectivity index (χ3v) is 3.18. The third-order valence-electron chi connectivity index (χ3n) is 3.05. The molecule has 0 aliphatic heterocycles. The SMILES string of the molecule is CC(C)Cc1ccc(C(C)(C)CNC(=O)Cl)cc1. The van der Waals surface area contributed by atoms with Crippen molar-refractivity contribution in [2.45, 2.75) is 39.5 Å². The molecule has 1 rings (SSSR count). The highest BCUT2D eigenvalue weighted by Gasteiger charge is 2.20. The fourth-order valence-electron chi connectivity index (χ4n) is 1.96. The summed E-state index contributed by atoms with van der Waals surface area (Å²) < 4.78 is 0. The van der Waals surface area contributed by atoms with Crippen LogP contribution in [0.4, 0.5) is 4.79 Å². The number of hydrogen-bond acceptors (Lipinski definition) is 1. The van der Waals surface area contributed by atoms with Crippen LogP contribution in [0.2, 0.25) is 0 Å². The van der Waals surface area contributed by atoms with Gasteiger partial charge in [0.2, 0.25) is 0 Å². The number of rotatable bonds is 5. The first-order chi connectivity index (χ1) is 8.31. The average molecular weight is 268 g/mol. The van der Waals surface area contributed by atoms with Crippen LogP contribution in [0, 0.1) is 5.92 Å². The molecule has 0 atom stereocenters. The van der Waals surface area contributed by atoms with Crippen molar-refractivity contribution in [3.05, 3.63) is 35.4 Å². The van der Waals surface area contributed by atoms with E-state index in [1.807, 2.05) is 0 Å². The Hall–Kier alpha value is -1.02. The Kier molecular flexibility index (Phi) is 5.21. The van der Waals surface area contributed by atoms with E-state index in [0.717, 1.165) is 6.42 Å². The van der Waals surface area contributed by atoms with Crippen LogP contribution < -0.4 is 5.32 Å². The molecule has 2 nitrogen and oxygen atoms in total. The molecule has 0 heterocycles. The van der Waals surface area contributed by atoms with E-state index >= 15 is 0 Å². The molecule has 0 saturated heterocycles. The van der Waals surface area contributed by atoms with Crippen molar-refractivity contribution in [1.82, 2.24) is 5.32 Å². The average Bonchev–Trinajstić information content (AvgIpc) is 2.26. The molecule has 0 aliphatic carbocycles. The Labute approximate surface area is 115 Å². The Morgan fingerprint density at radius 3 is 2.28 bits per heavy atom. The van der Waals surface area contributed by atoms with Crippen LogP contribution in [-0.4, -0.2) is 11.9 Å². The number of carbonyl (C=O) groups is 1. The van der Waals surface area contributed by atoms with Gasteiger partial charge < -0.3 is 5.32 Å². The number of hydrogen-bond donors (Lipinski definition) is 1. The summed E-state index contributed by atoms with van der Waals surface area (Å²) in [6.07, 6.45) is 1.10. The van der Waals surface area contributed by atoms with E-state index < -0.39 is 5.37 Å². The van der Waals surface area contributed by atoms with Crippen molar-refractivity contribution >= 4 is 17.0 Å². The van der Waals surface area contributed by atoms with Crippen molar-refractivity contribution in [3.63, 3.8) is 0 Å². The van der Waals surface area contributed by atoms with E-state index in [1.54, 1.807) is 0 Å². The van der Waals surface area contributed by atoms with E-state index in [-0.39, 0.29) is 5.41 Å². The quantitative estimate of drug-likeness (QED) is 0.631. The van der Waals surface area contributed by atoms with Gasteiger partial charge in [-0.2, -0.15) is 0 Å². The highest BCUT2D eigenvalue weighted by molar-refractivity contribution is 6.62. The van der Waals surface area contributed by atoms with Crippen LogP contribution in [0.5, 0.6) is 0 Å². The second kappa shape index (κ2) is 6.24. The molecule has 0 unspecified atom stereocenters. The minimum atomic E-state index is -0.500. The minimum absolute atomic E-state index is 0.110. The van der Waals surface area contributed by atoms with Crippen LogP contribution in [0.1, 0.15) is 38.8 Å². The van der Waals surface area contributed by atoms with E-state index in [4.69, 9.17) is 11.6 Å². The van der Waals surface area contributed by atoms with Gasteiger partial charge in [0.15, 0.2) is 0 Å². The highest BCUT2D eigenvalue weighted by atomic mass is 35.5. The molecule has 0 saturated carbocycles. The predicted octanol–water partition coefficient (Wildman–Crippen LogP) is 4.11. The van der Waals surface area contributed by atoms with Gasteiger partial charge in [0.1, 0.15) is 0 Å². The van der Waals surface area contributed by atoms with Gasteiger partial charge in [0, 0.05) is 12.0 Å². The first-order valence-corrected chi connectivity index (χ1v) is 6.72. The van der Waals surface area contributed by atoms with Gasteiger partial charge in [-0.25, -0.2) is 0 Å². The van der Waals surface area contributed by atoms with Gasteiger partial charge in [0.05, 0.1) is 0 Å². The Balaban J connectivity index is 2.73. The zero-order valence-corrected chi connectivity index (χ0v) is 12.3. The summed E-state index contributed by atoms with van der Waals surface area (Å²) in [5.74, 6) is 0.666. The van der Waals surface area contributed by atoms with Crippen LogP contribution in [0.15, 0.2) is 24.3 Å². The second-order valence-corrected chi connectivity index (χ2v) is 6.15. The number of amides is 1. The van der Waals surface area contributed by atoms with Crippen molar-refractivity contribution in [1.29, 1.82) is 0 Å². The fourth-order valence-corrected chi connectivity index (χ4v) is 2.02. The highest BCUT2D eigenvalue weighted by Crippen LogP contribution is 2.23. The van der Waals surface area contributed by atoms with E-state index in [2.05, 4.69) is 57.3 Å². The largest absolute Gasteiger partial charge is 0.342 e. The van der Waals surface area contributed by atoms with E-state index in [1.165, 1.54) is 11.1 Å².